The van der Waals surface area contributed by atoms with Gasteiger partial charge in [0.2, 0.25) is 0 Å². The summed E-state index contributed by atoms with van der Waals surface area (Å²) in [5.74, 6) is -4.33. The summed E-state index contributed by atoms with van der Waals surface area (Å²) in [7, 11) is 0. The summed E-state index contributed by atoms with van der Waals surface area (Å²) >= 11 is 6.05. The van der Waals surface area contributed by atoms with Crippen molar-refractivity contribution in [2.45, 2.75) is 31.4 Å². The standard InChI is InChI=1S/C24H17ClF5N9/c25-16-2-4-19(37-11-32-33-12-37)21(22(16)26)13-1-3-17(31-7-13)20(5-15-6-24(15,29)30)38-9-14(8-34-38)18-10-39(23(27)28)36-35-18/h1-4,7-12,15,20,23H,5-6H2. The van der Waals surface area contributed by atoms with Gasteiger partial charge < -0.3 is 0 Å². The summed E-state index contributed by atoms with van der Waals surface area (Å²) in [6, 6.07) is 5.54. The highest BCUT2D eigenvalue weighted by molar-refractivity contribution is 6.31. The molecule has 5 aromatic rings. The second kappa shape index (κ2) is 9.52. The Hall–Kier alpha value is -4.20. The Balaban J connectivity index is 1.35. The van der Waals surface area contributed by atoms with Crippen LogP contribution >= 0.6 is 11.6 Å². The van der Waals surface area contributed by atoms with Gasteiger partial charge in [0, 0.05) is 41.4 Å². The van der Waals surface area contributed by atoms with Crippen LogP contribution in [-0.2, 0) is 0 Å². The van der Waals surface area contributed by atoms with Crippen molar-refractivity contribution in [1.82, 2.24) is 44.5 Å². The molecule has 2 unspecified atom stereocenters. The van der Waals surface area contributed by atoms with Crippen molar-refractivity contribution < 1.29 is 22.0 Å². The molecule has 1 saturated carbocycles. The van der Waals surface area contributed by atoms with E-state index in [1.165, 1.54) is 46.6 Å². The van der Waals surface area contributed by atoms with E-state index in [0.717, 1.165) is 6.20 Å². The molecule has 0 bridgehead atoms. The Morgan fingerprint density at radius 3 is 2.41 bits per heavy atom. The number of pyridine rings is 1. The van der Waals surface area contributed by atoms with Gasteiger partial charge in [0.1, 0.15) is 18.3 Å². The third kappa shape index (κ3) is 4.75. The molecule has 2 atom stereocenters. The van der Waals surface area contributed by atoms with Crippen LogP contribution in [0.25, 0.3) is 28.1 Å². The summed E-state index contributed by atoms with van der Waals surface area (Å²) < 4.78 is 72.1. The van der Waals surface area contributed by atoms with Crippen molar-refractivity contribution in [3.63, 3.8) is 0 Å². The van der Waals surface area contributed by atoms with E-state index in [1.54, 1.807) is 18.2 Å². The average molecular weight is 562 g/mol. The van der Waals surface area contributed by atoms with E-state index < -0.39 is 30.2 Å². The van der Waals surface area contributed by atoms with Crippen molar-refractivity contribution in [3.8, 4) is 28.1 Å². The first-order valence-corrected chi connectivity index (χ1v) is 12.0. The number of nitrogens with zero attached hydrogens (tertiary/aromatic N) is 9. The molecule has 1 aromatic carbocycles. The predicted octanol–water partition coefficient (Wildman–Crippen LogP) is 5.61. The summed E-state index contributed by atoms with van der Waals surface area (Å²) in [6.07, 6.45) is 7.99. The Labute approximate surface area is 221 Å². The highest BCUT2D eigenvalue weighted by atomic mass is 35.5. The minimum Gasteiger partial charge on any atom is -0.287 e. The number of benzene rings is 1. The fraction of sp³-hybridized carbons (Fsp3) is 0.250. The van der Waals surface area contributed by atoms with Crippen molar-refractivity contribution in [2.24, 2.45) is 5.92 Å². The Bertz CT molecular complexity index is 1620. The van der Waals surface area contributed by atoms with Crippen LogP contribution in [0.5, 0.6) is 0 Å². The van der Waals surface area contributed by atoms with Gasteiger partial charge in [-0.25, -0.2) is 13.2 Å². The summed E-state index contributed by atoms with van der Waals surface area (Å²) in [5.41, 5.74) is 1.92. The van der Waals surface area contributed by atoms with E-state index in [1.807, 2.05) is 0 Å². The molecule has 39 heavy (non-hydrogen) atoms. The molecule has 1 aliphatic rings. The maximum atomic E-state index is 15.2. The maximum absolute atomic E-state index is 15.2. The van der Waals surface area contributed by atoms with Crippen LogP contribution < -0.4 is 0 Å². The molecule has 9 nitrogen and oxygen atoms in total. The van der Waals surface area contributed by atoms with Crippen molar-refractivity contribution in [3.05, 3.63) is 78.2 Å². The highest BCUT2D eigenvalue weighted by Gasteiger charge is 2.57. The van der Waals surface area contributed by atoms with Gasteiger partial charge in [0.15, 0.2) is 5.82 Å². The molecule has 0 saturated heterocycles. The summed E-state index contributed by atoms with van der Waals surface area (Å²) in [4.78, 5) is 4.48. The first kappa shape index (κ1) is 25.1. The number of halogens is 6. The monoisotopic (exact) mass is 561 g/mol. The van der Waals surface area contributed by atoms with Gasteiger partial charge in [-0.3, -0.25) is 14.2 Å². The first-order chi connectivity index (χ1) is 18.7. The SMILES string of the molecule is Fc1c(Cl)ccc(-n2cnnc2)c1-c1ccc(C(CC2CC2(F)F)n2cc(-c3cn(C(F)F)nn3)cn2)nc1. The first-order valence-electron chi connectivity index (χ1n) is 11.6. The van der Waals surface area contributed by atoms with Crippen LogP contribution in [0.1, 0.15) is 31.1 Å². The normalized spacial score (nSPS) is 17.1. The number of alkyl halides is 4. The van der Waals surface area contributed by atoms with Gasteiger partial charge in [0.25, 0.3) is 5.92 Å². The topological polar surface area (TPSA) is 92.1 Å². The van der Waals surface area contributed by atoms with Gasteiger partial charge in [-0.15, -0.1) is 15.3 Å². The van der Waals surface area contributed by atoms with Gasteiger partial charge in [-0.2, -0.15) is 18.6 Å². The third-order valence-electron chi connectivity index (χ3n) is 6.58. The Kier molecular flexibility index (Phi) is 6.13. The van der Waals surface area contributed by atoms with Gasteiger partial charge in [0.05, 0.1) is 34.8 Å². The third-order valence-corrected chi connectivity index (χ3v) is 6.87. The molecule has 15 heteroatoms. The predicted molar refractivity (Wildman–Crippen MR) is 128 cm³/mol. The zero-order valence-electron chi connectivity index (χ0n) is 19.7. The fourth-order valence-corrected chi connectivity index (χ4v) is 4.57. The van der Waals surface area contributed by atoms with E-state index in [-0.39, 0.29) is 29.1 Å². The number of aromatic nitrogens is 9. The van der Waals surface area contributed by atoms with Crippen LogP contribution in [0.3, 0.4) is 0 Å². The van der Waals surface area contributed by atoms with Crippen molar-refractivity contribution in [2.75, 3.05) is 0 Å². The lowest BCUT2D eigenvalue weighted by atomic mass is 10.0. The number of rotatable bonds is 8. The van der Waals surface area contributed by atoms with E-state index >= 15 is 4.39 Å². The largest absolute Gasteiger partial charge is 0.334 e. The van der Waals surface area contributed by atoms with Gasteiger partial charge >= 0.3 is 6.55 Å². The van der Waals surface area contributed by atoms with E-state index in [2.05, 4.69) is 30.6 Å². The summed E-state index contributed by atoms with van der Waals surface area (Å²) in [5, 5.41) is 18.8. The molecule has 0 radical (unpaired) electrons. The maximum Gasteiger partial charge on any atom is 0.334 e. The average Bonchev–Trinajstić information content (AvgIpc) is 3.50. The van der Waals surface area contributed by atoms with Crippen LogP contribution in [-0.4, -0.2) is 50.4 Å². The summed E-state index contributed by atoms with van der Waals surface area (Å²) in [6.45, 7) is -2.86. The minimum absolute atomic E-state index is 0.0294. The van der Waals surface area contributed by atoms with Crippen LogP contribution in [0.4, 0.5) is 22.0 Å². The molecule has 0 aliphatic heterocycles. The second-order valence-electron chi connectivity index (χ2n) is 9.08. The molecule has 1 aliphatic carbocycles. The van der Waals surface area contributed by atoms with E-state index in [4.69, 9.17) is 11.6 Å². The lowest BCUT2D eigenvalue weighted by Gasteiger charge is -2.18. The van der Waals surface area contributed by atoms with Gasteiger partial charge in [-0.05, 0) is 24.6 Å². The zero-order valence-corrected chi connectivity index (χ0v) is 20.5. The highest BCUT2D eigenvalue weighted by Crippen LogP contribution is 2.53. The zero-order chi connectivity index (χ0) is 27.3. The molecular formula is C24H17ClF5N9. The number of hydrogen-bond donors (Lipinski definition) is 0. The lowest BCUT2D eigenvalue weighted by Crippen LogP contribution is -2.15. The quantitative estimate of drug-likeness (QED) is 0.229. The number of hydrogen-bond acceptors (Lipinski definition) is 6. The lowest BCUT2D eigenvalue weighted by molar-refractivity contribution is 0.0546. The van der Waals surface area contributed by atoms with Crippen molar-refractivity contribution >= 4 is 11.6 Å². The molecule has 1 fully saturated rings. The van der Waals surface area contributed by atoms with E-state index in [9.17, 15) is 17.6 Å². The molecule has 6 rings (SSSR count). The molecule has 0 N–H and O–H groups in total. The molecule has 0 spiro atoms. The van der Waals surface area contributed by atoms with E-state index in [0.29, 0.717) is 27.2 Å². The smallest absolute Gasteiger partial charge is 0.287 e. The van der Waals surface area contributed by atoms with Gasteiger partial charge in [-0.1, -0.05) is 22.9 Å². The van der Waals surface area contributed by atoms with Crippen molar-refractivity contribution in [1.29, 1.82) is 0 Å². The Morgan fingerprint density at radius 2 is 1.77 bits per heavy atom. The van der Waals surface area contributed by atoms with Crippen LogP contribution in [0.2, 0.25) is 5.02 Å². The molecular weight excluding hydrogens is 545 g/mol. The Morgan fingerprint density at radius 1 is 1.00 bits per heavy atom. The molecule has 4 heterocycles. The van der Waals surface area contributed by atoms with Crippen LogP contribution in [0.15, 0.2) is 61.7 Å². The molecule has 200 valence electrons. The van der Waals surface area contributed by atoms with Crippen LogP contribution in [0, 0.1) is 11.7 Å². The molecule has 0 amide bonds. The second-order valence-corrected chi connectivity index (χ2v) is 9.49. The molecule has 4 aromatic heterocycles. The fourth-order valence-electron chi connectivity index (χ4n) is 4.41. The minimum atomic E-state index is -2.86.